The highest BCUT2D eigenvalue weighted by Crippen LogP contribution is 2.21. The number of hydrogen-bond donors (Lipinski definition) is 2. The summed E-state index contributed by atoms with van der Waals surface area (Å²) >= 11 is 1.61. The quantitative estimate of drug-likeness (QED) is 0.501. The van der Waals surface area contributed by atoms with E-state index in [2.05, 4.69) is 34.9 Å². The fraction of sp³-hybridized carbons (Fsp3) is 0.280. The van der Waals surface area contributed by atoms with E-state index in [9.17, 15) is 9.59 Å². The first-order valence-corrected chi connectivity index (χ1v) is 11.4. The van der Waals surface area contributed by atoms with E-state index < -0.39 is 0 Å². The van der Waals surface area contributed by atoms with Gasteiger partial charge >= 0.3 is 0 Å². The van der Waals surface area contributed by atoms with Gasteiger partial charge in [-0.05, 0) is 41.6 Å². The monoisotopic (exact) mass is 435 g/mol. The zero-order chi connectivity index (χ0) is 22.1. The molecule has 1 aromatic heterocycles. The van der Waals surface area contributed by atoms with Gasteiger partial charge in [-0.2, -0.15) is 0 Å². The van der Waals surface area contributed by atoms with Crippen LogP contribution in [0.15, 0.2) is 72.1 Å². The van der Waals surface area contributed by atoms with Crippen molar-refractivity contribution in [2.24, 2.45) is 0 Å². The summed E-state index contributed by atoms with van der Waals surface area (Å²) in [6, 6.07) is 22.3. The van der Waals surface area contributed by atoms with Crippen LogP contribution in [0.4, 0.5) is 0 Å². The van der Waals surface area contributed by atoms with Crippen molar-refractivity contribution >= 4 is 23.2 Å². The van der Waals surface area contributed by atoms with Crippen molar-refractivity contribution in [3.8, 4) is 11.1 Å². The predicted octanol–water partition coefficient (Wildman–Crippen LogP) is 4.23. The van der Waals surface area contributed by atoms with Crippen LogP contribution in [0, 0.1) is 0 Å². The van der Waals surface area contributed by atoms with E-state index in [0.29, 0.717) is 13.1 Å². The van der Waals surface area contributed by atoms with E-state index in [1.54, 1.807) is 11.3 Å². The number of benzene rings is 2. The van der Waals surface area contributed by atoms with Crippen molar-refractivity contribution in [3.63, 3.8) is 0 Å². The second-order valence-electron chi connectivity index (χ2n) is 7.44. The molecule has 1 heterocycles. The summed E-state index contributed by atoms with van der Waals surface area (Å²) in [6.07, 6.45) is 0. The molecule has 5 nitrogen and oxygen atoms in total. The van der Waals surface area contributed by atoms with Crippen LogP contribution in [0.5, 0.6) is 0 Å². The molecule has 0 aliphatic heterocycles. The van der Waals surface area contributed by atoms with E-state index in [-0.39, 0.29) is 30.9 Å². The van der Waals surface area contributed by atoms with E-state index in [1.165, 1.54) is 5.56 Å². The Hall–Kier alpha value is -2.96. The van der Waals surface area contributed by atoms with Crippen LogP contribution in [0.1, 0.15) is 30.3 Å². The maximum Gasteiger partial charge on any atom is 0.234 e. The number of thiophene rings is 1. The molecule has 1 atom stereocenters. The summed E-state index contributed by atoms with van der Waals surface area (Å²) in [5.74, 6) is -0.167. The minimum atomic E-state index is -0.108. The lowest BCUT2D eigenvalue weighted by molar-refractivity contribution is -0.125. The molecule has 162 valence electrons. The third-order valence-corrected chi connectivity index (χ3v) is 5.99. The van der Waals surface area contributed by atoms with Gasteiger partial charge in [0.2, 0.25) is 11.8 Å². The normalized spacial score (nSPS) is 11.8. The lowest BCUT2D eigenvalue weighted by atomic mass is 10.0. The molecule has 0 saturated heterocycles. The van der Waals surface area contributed by atoms with Crippen molar-refractivity contribution in [3.05, 3.63) is 82.6 Å². The number of carbonyl (C=O) groups excluding carboxylic acids is 2. The van der Waals surface area contributed by atoms with Gasteiger partial charge < -0.3 is 10.6 Å². The molecular weight excluding hydrogens is 406 g/mol. The zero-order valence-corrected chi connectivity index (χ0v) is 18.8. The van der Waals surface area contributed by atoms with Crippen LogP contribution in [0.2, 0.25) is 0 Å². The van der Waals surface area contributed by atoms with E-state index in [0.717, 1.165) is 16.0 Å². The highest BCUT2D eigenvalue weighted by atomic mass is 32.1. The van der Waals surface area contributed by atoms with Gasteiger partial charge in [0.25, 0.3) is 0 Å². The van der Waals surface area contributed by atoms with E-state index in [1.807, 2.05) is 66.6 Å². The molecule has 0 saturated carbocycles. The number of amides is 2. The van der Waals surface area contributed by atoms with Crippen molar-refractivity contribution < 1.29 is 9.59 Å². The van der Waals surface area contributed by atoms with Gasteiger partial charge in [-0.1, -0.05) is 67.6 Å². The molecule has 0 aliphatic carbocycles. The maximum atomic E-state index is 12.5. The molecule has 0 fully saturated rings. The summed E-state index contributed by atoms with van der Waals surface area (Å²) in [6.45, 7) is 5.46. The second-order valence-corrected chi connectivity index (χ2v) is 8.47. The third kappa shape index (κ3) is 7.05. The van der Waals surface area contributed by atoms with Crippen LogP contribution in [-0.4, -0.2) is 36.3 Å². The van der Waals surface area contributed by atoms with Gasteiger partial charge in [-0.3, -0.25) is 14.5 Å². The molecule has 3 rings (SSSR count). The molecule has 3 aromatic rings. The zero-order valence-electron chi connectivity index (χ0n) is 18.0. The Labute approximate surface area is 188 Å². The second kappa shape index (κ2) is 11.4. The van der Waals surface area contributed by atoms with Crippen molar-refractivity contribution in [1.82, 2.24) is 15.5 Å². The molecule has 2 N–H and O–H groups in total. The third-order valence-electron chi connectivity index (χ3n) is 5.12. The Morgan fingerprint density at radius 1 is 0.903 bits per heavy atom. The Morgan fingerprint density at radius 3 is 2.23 bits per heavy atom. The molecule has 0 aliphatic rings. The van der Waals surface area contributed by atoms with Gasteiger partial charge in [0, 0.05) is 4.88 Å². The Kier molecular flexibility index (Phi) is 8.38. The first-order valence-electron chi connectivity index (χ1n) is 10.5. The molecule has 31 heavy (non-hydrogen) atoms. The molecule has 0 radical (unpaired) electrons. The standard InChI is InChI=1S/C25H29N3O2S/c1-3-28(17-24(29)26-16-23-10-7-15-31-23)18-25(30)27-19(2)20-11-13-22(14-12-20)21-8-5-4-6-9-21/h4-15,19H,3,16-18H2,1-2H3,(H,26,29)(H,27,30)/t19-/m1/s1. The van der Waals surface area contributed by atoms with Gasteiger partial charge in [-0.15, -0.1) is 11.3 Å². The fourth-order valence-corrected chi connectivity index (χ4v) is 3.95. The lowest BCUT2D eigenvalue weighted by Crippen LogP contribution is -2.43. The van der Waals surface area contributed by atoms with Crippen LogP contribution >= 0.6 is 11.3 Å². The van der Waals surface area contributed by atoms with Crippen molar-refractivity contribution in [2.45, 2.75) is 26.4 Å². The van der Waals surface area contributed by atoms with Crippen molar-refractivity contribution in [2.75, 3.05) is 19.6 Å². The maximum absolute atomic E-state index is 12.5. The average molecular weight is 436 g/mol. The number of rotatable bonds is 10. The molecule has 6 heteroatoms. The Morgan fingerprint density at radius 2 is 1.58 bits per heavy atom. The lowest BCUT2D eigenvalue weighted by Gasteiger charge is -2.21. The van der Waals surface area contributed by atoms with Gasteiger partial charge in [0.05, 0.1) is 25.7 Å². The van der Waals surface area contributed by atoms with Crippen LogP contribution in [-0.2, 0) is 16.1 Å². The Bertz CT molecular complexity index is 956. The number of likely N-dealkylation sites (N-methyl/N-ethyl adjacent to an activating group) is 1. The molecular formula is C25H29N3O2S. The minimum Gasteiger partial charge on any atom is -0.350 e. The summed E-state index contributed by atoms with van der Waals surface area (Å²) in [4.78, 5) is 27.7. The van der Waals surface area contributed by atoms with E-state index >= 15 is 0 Å². The van der Waals surface area contributed by atoms with Crippen LogP contribution in [0.25, 0.3) is 11.1 Å². The summed E-state index contributed by atoms with van der Waals surface area (Å²) < 4.78 is 0. The smallest absolute Gasteiger partial charge is 0.234 e. The minimum absolute atomic E-state index is 0.0763. The highest BCUT2D eigenvalue weighted by Gasteiger charge is 2.15. The summed E-state index contributed by atoms with van der Waals surface area (Å²) in [7, 11) is 0. The van der Waals surface area contributed by atoms with Gasteiger partial charge in [0.1, 0.15) is 0 Å². The molecule has 0 unspecified atom stereocenters. The topological polar surface area (TPSA) is 61.4 Å². The number of carbonyl (C=O) groups is 2. The SMILES string of the molecule is CCN(CC(=O)NCc1cccs1)CC(=O)N[C@H](C)c1ccc(-c2ccccc2)cc1. The largest absolute Gasteiger partial charge is 0.350 e. The van der Waals surface area contributed by atoms with Crippen LogP contribution in [0.3, 0.4) is 0 Å². The average Bonchev–Trinajstić information content (AvgIpc) is 3.31. The summed E-state index contributed by atoms with van der Waals surface area (Å²) in [5, 5.41) is 7.93. The fourth-order valence-electron chi connectivity index (χ4n) is 3.31. The predicted molar refractivity (Wildman–Crippen MR) is 127 cm³/mol. The molecule has 0 spiro atoms. The number of hydrogen-bond acceptors (Lipinski definition) is 4. The summed E-state index contributed by atoms with van der Waals surface area (Å²) in [5.41, 5.74) is 3.36. The van der Waals surface area contributed by atoms with E-state index in [4.69, 9.17) is 0 Å². The molecule has 2 aromatic carbocycles. The van der Waals surface area contributed by atoms with Gasteiger partial charge in [-0.25, -0.2) is 0 Å². The van der Waals surface area contributed by atoms with Crippen molar-refractivity contribution in [1.29, 1.82) is 0 Å². The Balaban J connectivity index is 1.47. The number of nitrogens with zero attached hydrogens (tertiary/aromatic N) is 1. The first kappa shape index (κ1) is 22.7. The van der Waals surface area contributed by atoms with Gasteiger partial charge in [0.15, 0.2) is 0 Å². The molecule has 2 amide bonds. The highest BCUT2D eigenvalue weighted by molar-refractivity contribution is 7.09. The molecule has 0 bridgehead atoms. The number of nitrogens with one attached hydrogen (secondary N) is 2. The van der Waals surface area contributed by atoms with Crippen LogP contribution < -0.4 is 10.6 Å². The first-order chi connectivity index (χ1) is 15.0.